The summed E-state index contributed by atoms with van der Waals surface area (Å²) in [6.45, 7) is 9.04. The monoisotopic (exact) mass is 268 g/mol. The van der Waals surface area contributed by atoms with Gasteiger partial charge in [-0.15, -0.1) is 0 Å². The van der Waals surface area contributed by atoms with Gasteiger partial charge in [-0.05, 0) is 51.6 Å². The fraction of sp³-hybridized carbons (Fsp3) is 1.00. The first-order valence-corrected chi connectivity index (χ1v) is 8.42. The summed E-state index contributed by atoms with van der Waals surface area (Å²) in [6.07, 6.45) is 9.74. The van der Waals surface area contributed by atoms with Crippen LogP contribution in [0.5, 0.6) is 0 Å². The SMILES string of the molecule is CCCNC1CCCC(N(CC)CC2CCCO2)C1. The fourth-order valence-electron chi connectivity index (χ4n) is 3.62. The third-order valence-electron chi connectivity index (χ3n) is 4.71. The highest BCUT2D eigenvalue weighted by Crippen LogP contribution is 2.25. The van der Waals surface area contributed by atoms with Gasteiger partial charge in [0.05, 0.1) is 6.10 Å². The summed E-state index contributed by atoms with van der Waals surface area (Å²) >= 11 is 0. The summed E-state index contributed by atoms with van der Waals surface area (Å²) in [6, 6.07) is 1.52. The fourth-order valence-corrected chi connectivity index (χ4v) is 3.62. The van der Waals surface area contributed by atoms with Gasteiger partial charge in [0, 0.05) is 25.2 Å². The molecule has 0 spiro atoms. The maximum absolute atomic E-state index is 5.81. The first kappa shape index (κ1) is 15.3. The van der Waals surface area contributed by atoms with Crippen molar-refractivity contribution in [3.63, 3.8) is 0 Å². The van der Waals surface area contributed by atoms with Crippen LogP contribution >= 0.6 is 0 Å². The van der Waals surface area contributed by atoms with Crippen molar-refractivity contribution in [1.29, 1.82) is 0 Å². The lowest BCUT2D eigenvalue weighted by molar-refractivity contribution is 0.0476. The molecule has 19 heavy (non-hydrogen) atoms. The van der Waals surface area contributed by atoms with E-state index >= 15 is 0 Å². The normalized spacial score (nSPS) is 32.1. The molecule has 112 valence electrons. The molecule has 1 N–H and O–H groups in total. The number of hydrogen-bond donors (Lipinski definition) is 1. The molecule has 0 aromatic rings. The van der Waals surface area contributed by atoms with Gasteiger partial charge in [0.2, 0.25) is 0 Å². The smallest absolute Gasteiger partial charge is 0.0702 e. The molecule has 0 bridgehead atoms. The van der Waals surface area contributed by atoms with Crippen molar-refractivity contribution < 1.29 is 4.74 Å². The predicted molar refractivity (Wildman–Crippen MR) is 80.6 cm³/mol. The largest absolute Gasteiger partial charge is 0.377 e. The van der Waals surface area contributed by atoms with Crippen molar-refractivity contribution >= 4 is 0 Å². The van der Waals surface area contributed by atoms with Crippen LogP contribution in [0.4, 0.5) is 0 Å². The molecule has 2 fully saturated rings. The van der Waals surface area contributed by atoms with Gasteiger partial charge in [-0.25, -0.2) is 0 Å². The second-order valence-electron chi connectivity index (χ2n) is 6.19. The molecule has 0 radical (unpaired) electrons. The molecule has 1 heterocycles. The molecule has 2 rings (SSSR count). The predicted octanol–water partition coefficient (Wildman–Crippen LogP) is 2.80. The minimum Gasteiger partial charge on any atom is -0.377 e. The van der Waals surface area contributed by atoms with E-state index in [4.69, 9.17) is 4.74 Å². The Morgan fingerprint density at radius 1 is 1.16 bits per heavy atom. The molecule has 2 aliphatic rings. The summed E-state index contributed by atoms with van der Waals surface area (Å²) in [5.41, 5.74) is 0. The summed E-state index contributed by atoms with van der Waals surface area (Å²) in [7, 11) is 0. The molecular formula is C16H32N2O. The van der Waals surface area contributed by atoms with Crippen molar-refractivity contribution in [2.75, 3.05) is 26.2 Å². The Balaban J connectivity index is 1.79. The Kier molecular flexibility index (Phi) is 6.62. The maximum atomic E-state index is 5.81. The number of nitrogens with one attached hydrogen (secondary N) is 1. The van der Waals surface area contributed by atoms with Gasteiger partial charge in [-0.2, -0.15) is 0 Å². The third kappa shape index (κ3) is 4.73. The second-order valence-corrected chi connectivity index (χ2v) is 6.19. The molecule has 1 saturated carbocycles. The Bertz CT molecular complexity index is 241. The first-order chi connectivity index (χ1) is 9.33. The highest BCUT2D eigenvalue weighted by atomic mass is 16.5. The van der Waals surface area contributed by atoms with E-state index in [9.17, 15) is 0 Å². The van der Waals surface area contributed by atoms with E-state index in [1.807, 2.05) is 0 Å². The Morgan fingerprint density at radius 2 is 2.05 bits per heavy atom. The van der Waals surface area contributed by atoms with Gasteiger partial charge in [-0.1, -0.05) is 20.3 Å². The lowest BCUT2D eigenvalue weighted by Gasteiger charge is -2.38. The average Bonchev–Trinajstić information content (AvgIpc) is 2.96. The van der Waals surface area contributed by atoms with Crippen LogP contribution in [0.15, 0.2) is 0 Å². The highest BCUT2D eigenvalue weighted by molar-refractivity contribution is 4.85. The van der Waals surface area contributed by atoms with E-state index in [0.29, 0.717) is 6.10 Å². The van der Waals surface area contributed by atoms with Crippen molar-refractivity contribution in [2.45, 2.75) is 77.0 Å². The number of ether oxygens (including phenoxy) is 1. The third-order valence-corrected chi connectivity index (χ3v) is 4.71. The van der Waals surface area contributed by atoms with Gasteiger partial charge in [-0.3, -0.25) is 4.90 Å². The minimum atomic E-state index is 0.504. The van der Waals surface area contributed by atoms with E-state index in [2.05, 4.69) is 24.1 Å². The number of rotatable bonds is 7. The molecule has 3 heteroatoms. The molecule has 3 nitrogen and oxygen atoms in total. The van der Waals surface area contributed by atoms with Crippen molar-refractivity contribution in [2.24, 2.45) is 0 Å². The lowest BCUT2D eigenvalue weighted by atomic mass is 9.89. The van der Waals surface area contributed by atoms with Crippen LogP contribution in [0.25, 0.3) is 0 Å². The van der Waals surface area contributed by atoms with Crippen LogP contribution in [0.3, 0.4) is 0 Å². The maximum Gasteiger partial charge on any atom is 0.0702 e. The van der Waals surface area contributed by atoms with Gasteiger partial charge >= 0.3 is 0 Å². The summed E-state index contributed by atoms with van der Waals surface area (Å²) in [4.78, 5) is 2.68. The van der Waals surface area contributed by atoms with Crippen LogP contribution in [0.2, 0.25) is 0 Å². The van der Waals surface area contributed by atoms with Gasteiger partial charge in [0.15, 0.2) is 0 Å². The molecule has 0 aromatic carbocycles. The van der Waals surface area contributed by atoms with Crippen LogP contribution in [-0.2, 0) is 4.74 Å². The molecule has 3 unspecified atom stereocenters. The highest BCUT2D eigenvalue weighted by Gasteiger charge is 2.28. The molecule has 0 amide bonds. The molecule has 3 atom stereocenters. The van der Waals surface area contributed by atoms with Crippen molar-refractivity contribution in [3.8, 4) is 0 Å². The molecule has 0 aromatic heterocycles. The van der Waals surface area contributed by atoms with Crippen molar-refractivity contribution in [1.82, 2.24) is 10.2 Å². The summed E-state index contributed by atoms with van der Waals surface area (Å²) in [5, 5.41) is 3.72. The first-order valence-electron chi connectivity index (χ1n) is 8.42. The molecule has 1 aliphatic carbocycles. The van der Waals surface area contributed by atoms with Crippen LogP contribution in [0.1, 0.15) is 58.8 Å². The summed E-state index contributed by atoms with van der Waals surface area (Å²) < 4.78 is 5.81. The van der Waals surface area contributed by atoms with Crippen LogP contribution in [0, 0.1) is 0 Å². The average molecular weight is 268 g/mol. The number of hydrogen-bond acceptors (Lipinski definition) is 3. The zero-order valence-corrected chi connectivity index (χ0v) is 12.9. The van der Waals surface area contributed by atoms with Gasteiger partial charge in [0.25, 0.3) is 0 Å². The molecule has 1 aliphatic heterocycles. The van der Waals surface area contributed by atoms with Crippen LogP contribution < -0.4 is 5.32 Å². The molecule has 1 saturated heterocycles. The Hall–Kier alpha value is -0.120. The zero-order chi connectivity index (χ0) is 13.5. The Labute approximate surface area is 119 Å². The van der Waals surface area contributed by atoms with E-state index in [1.54, 1.807) is 0 Å². The van der Waals surface area contributed by atoms with E-state index in [0.717, 1.165) is 25.2 Å². The van der Waals surface area contributed by atoms with E-state index < -0.39 is 0 Å². The van der Waals surface area contributed by atoms with E-state index in [-0.39, 0.29) is 0 Å². The quantitative estimate of drug-likeness (QED) is 0.768. The van der Waals surface area contributed by atoms with E-state index in [1.165, 1.54) is 58.0 Å². The van der Waals surface area contributed by atoms with Crippen LogP contribution in [-0.4, -0.2) is 49.3 Å². The zero-order valence-electron chi connectivity index (χ0n) is 12.9. The standard InChI is InChI=1S/C16H32N2O/c1-3-10-17-14-7-5-8-15(12-14)18(4-2)13-16-9-6-11-19-16/h14-17H,3-13H2,1-2H3. The molecular weight excluding hydrogens is 236 g/mol. The minimum absolute atomic E-state index is 0.504. The van der Waals surface area contributed by atoms with Crippen molar-refractivity contribution in [3.05, 3.63) is 0 Å². The summed E-state index contributed by atoms with van der Waals surface area (Å²) in [5.74, 6) is 0. The topological polar surface area (TPSA) is 24.5 Å². The lowest BCUT2D eigenvalue weighted by Crippen LogP contribution is -2.46. The number of nitrogens with zero attached hydrogens (tertiary/aromatic N) is 1. The Morgan fingerprint density at radius 3 is 2.74 bits per heavy atom. The number of likely N-dealkylation sites (N-methyl/N-ethyl adjacent to an activating group) is 1. The second kappa shape index (κ2) is 8.23. The van der Waals surface area contributed by atoms with Gasteiger partial charge in [0.1, 0.15) is 0 Å². The van der Waals surface area contributed by atoms with Gasteiger partial charge < -0.3 is 10.1 Å².